The molecular weight excluding hydrogens is 230 g/mol. The Kier molecular flexibility index (Phi) is 3.16. The normalized spacial score (nSPS) is 15.3. The van der Waals surface area contributed by atoms with E-state index in [0.29, 0.717) is 24.0 Å². The van der Waals surface area contributed by atoms with E-state index in [2.05, 4.69) is 15.6 Å². The van der Waals surface area contributed by atoms with Crippen LogP contribution in [0, 0.1) is 0 Å². The molecule has 0 bridgehead atoms. The quantitative estimate of drug-likeness (QED) is 0.794. The fraction of sp³-hybridized carbons (Fsp3) is 0.444. The summed E-state index contributed by atoms with van der Waals surface area (Å²) in [5.74, 6) is -0.435. The van der Waals surface area contributed by atoms with Gasteiger partial charge in [-0.25, -0.2) is 4.98 Å². The lowest BCUT2D eigenvalue weighted by molar-refractivity contribution is -0.114. The summed E-state index contributed by atoms with van der Waals surface area (Å²) < 4.78 is 4.94. The lowest BCUT2D eigenvalue weighted by Crippen LogP contribution is -2.48. The number of carbonyl (C=O) groups is 2. The number of anilines is 1. The number of hydrogen-bond acceptors (Lipinski definition) is 5. The molecule has 2 heterocycles. The Morgan fingerprint density at radius 1 is 1.56 bits per heavy atom. The molecule has 0 saturated carbocycles. The molecule has 86 valence electrons. The number of carbonyl (C=O) groups excluding carboxylic acids is 2. The van der Waals surface area contributed by atoms with E-state index >= 15 is 0 Å². The van der Waals surface area contributed by atoms with Crippen molar-refractivity contribution in [1.29, 1.82) is 0 Å². The molecule has 1 saturated heterocycles. The summed E-state index contributed by atoms with van der Waals surface area (Å²) in [4.78, 5) is 26.4. The van der Waals surface area contributed by atoms with Crippen LogP contribution in [0.5, 0.6) is 0 Å². The Morgan fingerprint density at radius 3 is 2.88 bits per heavy atom. The molecule has 0 unspecified atom stereocenters. The van der Waals surface area contributed by atoms with Crippen LogP contribution in [0.25, 0.3) is 0 Å². The molecule has 7 heteroatoms. The van der Waals surface area contributed by atoms with Crippen LogP contribution in [-0.2, 0) is 9.53 Å². The first-order chi connectivity index (χ1) is 7.65. The van der Waals surface area contributed by atoms with E-state index in [4.69, 9.17) is 4.74 Å². The smallest absolute Gasteiger partial charge is 0.271 e. The van der Waals surface area contributed by atoms with Crippen LogP contribution in [0.15, 0.2) is 5.38 Å². The van der Waals surface area contributed by atoms with E-state index in [9.17, 15) is 9.59 Å². The van der Waals surface area contributed by atoms with Gasteiger partial charge < -0.3 is 15.4 Å². The van der Waals surface area contributed by atoms with Gasteiger partial charge in [0.1, 0.15) is 5.69 Å². The molecule has 1 aromatic rings. The molecule has 0 spiro atoms. The van der Waals surface area contributed by atoms with Gasteiger partial charge in [0.15, 0.2) is 5.13 Å². The van der Waals surface area contributed by atoms with Crippen molar-refractivity contribution >= 4 is 28.3 Å². The number of aromatic nitrogens is 1. The van der Waals surface area contributed by atoms with Gasteiger partial charge in [0, 0.05) is 12.3 Å². The molecule has 6 nitrogen and oxygen atoms in total. The van der Waals surface area contributed by atoms with Gasteiger partial charge in [-0.1, -0.05) is 0 Å². The van der Waals surface area contributed by atoms with E-state index in [0.717, 1.165) is 0 Å². The Morgan fingerprint density at radius 2 is 2.31 bits per heavy atom. The predicted octanol–water partition coefficient (Wildman–Crippen LogP) is 0.230. The van der Waals surface area contributed by atoms with Gasteiger partial charge in [-0.05, 0) is 0 Å². The molecule has 2 amide bonds. The second-order valence-corrected chi connectivity index (χ2v) is 4.29. The summed E-state index contributed by atoms with van der Waals surface area (Å²) in [7, 11) is 0. The zero-order valence-electron chi connectivity index (χ0n) is 8.65. The zero-order chi connectivity index (χ0) is 11.5. The maximum atomic E-state index is 11.6. The van der Waals surface area contributed by atoms with Crippen LogP contribution in [0.3, 0.4) is 0 Å². The molecule has 0 atom stereocenters. The lowest BCUT2D eigenvalue weighted by atomic mass is 10.2. The highest BCUT2D eigenvalue weighted by Gasteiger charge is 2.22. The highest BCUT2D eigenvalue weighted by molar-refractivity contribution is 7.14. The number of nitrogens with one attached hydrogen (secondary N) is 2. The van der Waals surface area contributed by atoms with E-state index < -0.39 is 0 Å². The van der Waals surface area contributed by atoms with Gasteiger partial charge >= 0.3 is 0 Å². The summed E-state index contributed by atoms with van der Waals surface area (Å²) in [6.45, 7) is 2.50. The van der Waals surface area contributed by atoms with Crippen LogP contribution in [0.2, 0.25) is 0 Å². The molecule has 2 N–H and O–H groups in total. The standard InChI is InChI=1S/C9H11N3O3S/c1-5(13)10-9-12-7(4-16-9)8(14)11-6-2-15-3-6/h4,6H,2-3H2,1H3,(H,11,14)(H,10,12,13). The highest BCUT2D eigenvalue weighted by atomic mass is 32.1. The van der Waals surface area contributed by atoms with Crippen molar-refractivity contribution in [3.63, 3.8) is 0 Å². The summed E-state index contributed by atoms with van der Waals surface area (Å²) in [5.41, 5.74) is 0.320. The van der Waals surface area contributed by atoms with Crippen LogP contribution >= 0.6 is 11.3 Å². The number of hydrogen-bond donors (Lipinski definition) is 2. The first kappa shape index (κ1) is 11.0. The molecule has 1 fully saturated rings. The Bertz CT molecular complexity index is 414. The van der Waals surface area contributed by atoms with Gasteiger partial charge in [0.2, 0.25) is 5.91 Å². The lowest BCUT2D eigenvalue weighted by Gasteiger charge is -2.26. The second kappa shape index (κ2) is 4.58. The molecule has 1 aliphatic rings. The van der Waals surface area contributed by atoms with Crippen molar-refractivity contribution in [1.82, 2.24) is 10.3 Å². The van der Waals surface area contributed by atoms with Crippen LogP contribution < -0.4 is 10.6 Å². The SMILES string of the molecule is CC(=O)Nc1nc(C(=O)NC2COC2)cs1. The number of thiazole rings is 1. The van der Waals surface area contributed by atoms with Crippen molar-refractivity contribution in [2.45, 2.75) is 13.0 Å². The minimum absolute atomic E-state index is 0.0819. The van der Waals surface area contributed by atoms with Gasteiger partial charge in [-0.2, -0.15) is 0 Å². The van der Waals surface area contributed by atoms with Crippen LogP contribution in [0.4, 0.5) is 5.13 Å². The maximum absolute atomic E-state index is 11.6. The Hall–Kier alpha value is -1.47. The highest BCUT2D eigenvalue weighted by Crippen LogP contribution is 2.15. The maximum Gasteiger partial charge on any atom is 0.271 e. The van der Waals surface area contributed by atoms with E-state index in [1.54, 1.807) is 5.38 Å². The molecular formula is C9H11N3O3S. The summed E-state index contributed by atoms with van der Waals surface area (Å²) in [5, 5.41) is 7.34. The van der Waals surface area contributed by atoms with Gasteiger partial charge in [0.25, 0.3) is 5.91 Å². The number of rotatable bonds is 3. The van der Waals surface area contributed by atoms with Crippen molar-refractivity contribution in [2.75, 3.05) is 18.5 Å². The average molecular weight is 241 g/mol. The number of nitrogens with zero attached hydrogens (tertiary/aromatic N) is 1. The molecule has 0 aliphatic carbocycles. The fourth-order valence-corrected chi connectivity index (χ4v) is 1.90. The van der Waals surface area contributed by atoms with Crippen molar-refractivity contribution < 1.29 is 14.3 Å². The third kappa shape index (κ3) is 2.56. The third-order valence-corrected chi connectivity index (χ3v) is 2.75. The van der Waals surface area contributed by atoms with E-state index in [1.165, 1.54) is 18.3 Å². The summed E-state index contributed by atoms with van der Waals surface area (Å²) in [6.07, 6.45) is 0. The minimum atomic E-state index is -0.235. The largest absolute Gasteiger partial charge is 0.377 e. The molecule has 0 radical (unpaired) electrons. The third-order valence-electron chi connectivity index (χ3n) is 1.99. The number of ether oxygens (including phenoxy) is 1. The molecule has 16 heavy (non-hydrogen) atoms. The van der Waals surface area contributed by atoms with Gasteiger partial charge in [0.05, 0.1) is 19.3 Å². The van der Waals surface area contributed by atoms with Crippen molar-refractivity contribution in [3.8, 4) is 0 Å². The van der Waals surface area contributed by atoms with Crippen LogP contribution in [0.1, 0.15) is 17.4 Å². The fourth-order valence-electron chi connectivity index (χ4n) is 1.16. The van der Waals surface area contributed by atoms with Crippen molar-refractivity contribution in [2.24, 2.45) is 0 Å². The van der Waals surface area contributed by atoms with Gasteiger partial charge in [-0.3, -0.25) is 9.59 Å². The second-order valence-electron chi connectivity index (χ2n) is 3.43. The average Bonchev–Trinajstić information content (AvgIpc) is 2.58. The van der Waals surface area contributed by atoms with Gasteiger partial charge in [-0.15, -0.1) is 11.3 Å². The molecule has 1 aliphatic heterocycles. The molecule has 2 rings (SSSR count). The van der Waals surface area contributed by atoms with Crippen molar-refractivity contribution in [3.05, 3.63) is 11.1 Å². The van der Waals surface area contributed by atoms with E-state index in [-0.39, 0.29) is 17.9 Å². The Balaban J connectivity index is 1.94. The first-order valence-corrected chi connectivity index (χ1v) is 5.65. The summed E-state index contributed by atoms with van der Waals surface area (Å²) >= 11 is 1.22. The Labute approximate surface area is 96.0 Å². The molecule has 1 aromatic heterocycles. The van der Waals surface area contributed by atoms with Crippen LogP contribution in [-0.4, -0.2) is 36.1 Å². The predicted molar refractivity (Wildman–Crippen MR) is 58.5 cm³/mol. The minimum Gasteiger partial charge on any atom is -0.377 e. The zero-order valence-corrected chi connectivity index (χ0v) is 9.47. The monoisotopic (exact) mass is 241 g/mol. The van der Waals surface area contributed by atoms with E-state index in [1.807, 2.05) is 0 Å². The number of amides is 2. The first-order valence-electron chi connectivity index (χ1n) is 4.77. The summed E-state index contributed by atoms with van der Waals surface area (Å²) in [6, 6.07) is 0.0819. The topological polar surface area (TPSA) is 80.3 Å². The molecule has 0 aromatic carbocycles.